The first kappa shape index (κ1) is 10.2. The summed E-state index contributed by atoms with van der Waals surface area (Å²) in [5.74, 6) is 1.04. The van der Waals surface area contributed by atoms with Gasteiger partial charge in [0.05, 0.1) is 6.61 Å². The van der Waals surface area contributed by atoms with Gasteiger partial charge in [-0.3, -0.25) is 0 Å². The minimum atomic E-state index is 0.817. The molecule has 0 amide bonds. The summed E-state index contributed by atoms with van der Waals surface area (Å²) in [6, 6.07) is 16.7. The number of hydrogen-bond donors (Lipinski definition) is 1. The normalized spacial score (nSPS) is 12.9. The zero-order chi connectivity index (χ0) is 11.5. The Bertz CT molecular complexity index is 508. The van der Waals surface area contributed by atoms with Crippen LogP contribution in [0, 0.1) is 0 Å². The maximum atomic E-state index is 5.49. The average molecular weight is 225 g/mol. The molecule has 0 saturated carbocycles. The van der Waals surface area contributed by atoms with Crippen LogP contribution in [0.5, 0.6) is 5.75 Å². The zero-order valence-corrected chi connectivity index (χ0v) is 9.65. The molecule has 17 heavy (non-hydrogen) atoms. The Balaban J connectivity index is 1.70. The molecule has 1 heterocycles. The van der Waals surface area contributed by atoms with Gasteiger partial charge in [0.1, 0.15) is 5.75 Å². The number of hydrogen-bond acceptors (Lipinski definition) is 2. The van der Waals surface area contributed by atoms with Crippen LogP contribution < -0.4 is 10.1 Å². The van der Waals surface area contributed by atoms with E-state index in [2.05, 4.69) is 47.8 Å². The lowest BCUT2D eigenvalue weighted by Crippen LogP contribution is -1.99. The Labute approximate surface area is 101 Å². The second-order valence-electron chi connectivity index (χ2n) is 4.26. The van der Waals surface area contributed by atoms with Crippen molar-refractivity contribution in [1.29, 1.82) is 0 Å². The van der Waals surface area contributed by atoms with Crippen LogP contribution in [0.4, 0.5) is 5.69 Å². The highest BCUT2D eigenvalue weighted by Gasteiger charge is 2.11. The average Bonchev–Trinajstić information content (AvgIpc) is 2.85. The van der Waals surface area contributed by atoms with Gasteiger partial charge < -0.3 is 10.1 Å². The van der Waals surface area contributed by atoms with E-state index in [1.807, 2.05) is 6.07 Å². The molecule has 1 aliphatic heterocycles. The van der Waals surface area contributed by atoms with Gasteiger partial charge in [0, 0.05) is 18.7 Å². The van der Waals surface area contributed by atoms with Crippen molar-refractivity contribution >= 4 is 5.69 Å². The monoisotopic (exact) mass is 225 g/mol. The van der Waals surface area contributed by atoms with Crippen molar-refractivity contribution in [2.45, 2.75) is 13.0 Å². The van der Waals surface area contributed by atoms with Crippen molar-refractivity contribution in [3.05, 3.63) is 59.7 Å². The molecule has 0 spiro atoms. The van der Waals surface area contributed by atoms with Crippen molar-refractivity contribution in [1.82, 2.24) is 0 Å². The molecular formula is C15H15NO. The van der Waals surface area contributed by atoms with Gasteiger partial charge in [-0.2, -0.15) is 0 Å². The fourth-order valence-corrected chi connectivity index (χ4v) is 2.10. The van der Waals surface area contributed by atoms with Gasteiger partial charge >= 0.3 is 0 Å². The quantitative estimate of drug-likeness (QED) is 0.865. The van der Waals surface area contributed by atoms with E-state index >= 15 is 0 Å². The predicted molar refractivity (Wildman–Crippen MR) is 69.4 cm³/mol. The molecule has 0 bridgehead atoms. The van der Waals surface area contributed by atoms with Crippen LogP contribution in [-0.2, 0) is 13.0 Å². The Kier molecular flexibility index (Phi) is 2.70. The smallest absolute Gasteiger partial charge is 0.122 e. The Morgan fingerprint density at radius 3 is 2.82 bits per heavy atom. The minimum Gasteiger partial charge on any atom is -0.493 e. The van der Waals surface area contributed by atoms with Gasteiger partial charge in [-0.15, -0.1) is 0 Å². The van der Waals surface area contributed by atoms with Crippen LogP contribution in [0.15, 0.2) is 48.5 Å². The largest absolute Gasteiger partial charge is 0.493 e. The summed E-state index contributed by atoms with van der Waals surface area (Å²) in [6.07, 6.45) is 1.02. The third-order valence-electron chi connectivity index (χ3n) is 3.03. The van der Waals surface area contributed by atoms with E-state index in [9.17, 15) is 0 Å². The fraction of sp³-hybridized carbons (Fsp3) is 0.200. The number of ether oxygens (including phenoxy) is 1. The molecule has 0 aliphatic carbocycles. The summed E-state index contributed by atoms with van der Waals surface area (Å²) >= 11 is 0. The maximum Gasteiger partial charge on any atom is 0.122 e. The van der Waals surface area contributed by atoms with E-state index in [-0.39, 0.29) is 0 Å². The molecule has 0 aromatic heterocycles. The topological polar surface area (TPSA) is 21.3 Å². The summed E-state index contributed by atoms with van der Waals surface area (Å²) in [5.41, 5.74) is 3.77. The molecule has 2 aromatic rings. The maximum absolute atomic E-state index is 5.49. The SMILES string of the molecule is c1ccc(CNc2ccc3c(c2)CCO3)cc1. The van der Waals surface area contributed by atoms with E-state index in [0.717, 1.165) is 31.0 Å². The predicted octanol–water partition coefficient (Wildman–Crippen LogP) is 3.23. The Hall–Kier alpha value is -1.96. The lowest BCUT2D eigenvalue weighted by atomic mass is 10.1. The first-order valence-electron chi connectivity index (χ1n) is 5.95. The van der Waals surface area contributed by atoms with E-state index in [0.29, 0.717) is 0 Å². The van der Waals surface area contributed by atoms with Gasteiger partial charge in [-0.1, -0.05) is 30.3 Å². The van der Waals surface area contributed by atoms with Gasteiger partial charge in [0.25, 0.3) is 0 Å². The van der Waals surface area contributed by atoms with Crippen molar-refractivity contribution in [3.8, 4) is 5.75 Å². The van der Waals surface area contributed by atoms with E-state index in [1.54, 1.807) is 0 Å². The van der Waals surface area contributed by atoms with Crippen molar-refractivity contribution in [3.63, 3.8) is 0 Å². The van der Waals surface area contributed by atoms with Gasteiger partial charge in [-0.25, -0.2) is 0 Å². The molecule has 1 N–H and O–H groups in total. The molecule has 2 aromatic carbocycles. The molecule has 2 nitrogen and oxygen atoms in total. The summed E-state index contributed by atoms with van der Waals surface area (Å²) in [7, 11) is 0. The molecule has 0 radical (unpaired) electrons. The molecule has 86 valence electrons. The summed E-state index contributed by atoms with van der Waals surface area (Å²) in [6.45, 7) is 1.68. The van der Waals surface area contributed by atoms with Crippen LogP contribution in [-0.4, -0.2) is 6.61 Å². The highest BCUT2D eigenvalue weighted by Crippen LogP contribution is 2.27. The summed E-state index contributed by atoms with van der Waals surface area (Å²) in [4.78, 5) is 0. The van der Waals surface area contributed by atoms with Crippen molar-refractivity contribution in [2.24, 2.45) is 0 Å². The second-order valence-corrected chi connectivity index (χ2v) is 4.26. The van der Waals surface area contributed by atoms with Crippen LogP contribution in [0.2, 0.25) is 0 Å². The molecular weight excluding hydrogens is 210 g/mol. The molecule has 0 atom stereocenters. The van der Waals surface area contributed by atoms with Gasteiger partial charge in [0.2, 0.25) is 0 Å². The fourth-order valence-electron chi connectivity index (χ4n) is 2.10. The first-order valence-corrected chi connectivity index (χ1v) is 5.95. The molecule has 0 fully saturated rings. The number of benzene rings is 2. The third-order valence-corrected chi connectivity index (χ3v) is 3.03. The number of anilines is 1. The number of rotatable bonds is 3. The molecule has 1 aliphatic rings. The molecule has 2 heteroatoms. The summed E-state index contributed by atoms with van der Waals surface area (Å²) < 4.78 is 5.49. The number of fused-ring (bicyclic) bond motifs is 1. The second kappa shape index (κ2) is 4.50. The first-order chi connectivity index (χ1) is 8.42. The lowest BCUT2D eigenvalue weighted by Gasteiger charge is -2.07. The van der Waals surface area contributed by atoms with E-state index < -0.39 is 0 Å². The van der Waals surface area contributed by atoms with Crippen LogP contribution in [0.3, 0.4) is 0 Å². The van der Waals surface area contributed by atoms with E-state index in [1.165, 1.54) is 11.1 Å². The minimum absolute atomic E-state index is 0.817. The lowest BCUT2D eigenvalue weighted by molar-refractivity contribution is 0.357. The van der Waals surface area contributed by atoms with Crippen molar-refractivity contribution < 1.29 is 4.74 Å². The van der Waals surface area contributed by atoms with Crippen LogP contribution in [0.1, 0.15) is 11.1 Å². The standard InChI is InChI=1S/C15H15NO/c1-2-4-12(5-3-1)11-16-14-6-7-15-13(10-14)8-9-17-15/h1-7,10,16H,8-9,11H2. The molecule has 0 saturated heterocycles. The number of nitrogens with one attached hydrogen (secondary N) is 1. The van der Waals surface area contributed by atoms with Crippen LogP contribution >= 0.6 is 0 Å². The van der Waals surface area contributed by atoms with E-state index in [4.69, 9.17) is 4.74 Å². The zero-order valence-electron chi connectivity index (χ0n) is 9.65. The molecule has 3 rings (SSSR count). The van der Waals surface area contributed by atoms with Gasteiger partial charge in [-0.05, 0) is 29.3 Å². The Morgan fingerprint density at radius 1 is 1.06 bits per heavy atom. The summed E-state index contributed by atoms with van der Waals surface area (Å²) in [5, 5.41) is 3.44. The highest BCUT2D eigenvalue weighted by molar-refractivity contribution is 5.52. The van der Waals surface area contributed by atoms with Crippen LogP contribution in [0.25, 0.3) is 0 Å². The van der Waals surface area contributed by atoms with Gasteiger partial charge in [0.15, 0.2) is 0 Å². The highest BCUT2D eigenvalue weighted by atomic mass is 16.5. The van der Waals surface area contributed by atoms with Crippen molar-refractivity contribution in [2.75, 3.05) is 11.9 Å². The molecule has 0 unspecified atom stereocenters. The Morgan fingerprint density at radius 2 is 1.94 bits per heavy atom. The third kappa shape index (κ3) is 2.26.